The Morgan fingerprint density at radius 2 is 2.05 bits per heavy atom. The predicted molar refractivity (Wildman–Crippen MR) is 79.5 cm³/mol. The average Bonchev–Trinajstić information content (AvgIpc) is 2.48. The number of carbonyl (C=O) groups is 1. The number of anilines is 1. The number of benzene rings is 2. The van der Waals surface area contributed by atoms with Crippen molar-refractivity contribution in [3.05, 3.63) is 65.0 Å². The summed E-state index contributed by atoms with van der Waals surface area (Å²) >= 11 is 0. The van der Waals surface area contributed by atoms with Gasteiger partial charge in [-0.25, -0.2) is 4.39 Å². The topological polar surface area (TPSA) is 49.3 Å². The molecule has 0 unspecified atom stereocenters. The van der Waals surface area contributed by atoms with Crippen LogP contribution in [0.4, 0.5) is 10.1 Å². The SMILES string of the molecule is Cc1ccc(C(=O)Nc2ccccc2F)cc1C#CCO. The minimum atomic E-state index is -0.488. The molecule has 106 valence electrons. The Morgan fingerprint density at radius 1 is 1.29 bits per heavy atom. The van der Waals surface area contributed by atoms with E-state index in [-0.39, 0.29) is 12.3 Å². The van der Waals surface area contributed by atoms with Gasteiger partial charge in [-0.2, -0.15) is 0 Å². The molecule has 0 atom stereocenters. The van der Waals surface area contributed by atoms with Gasteiger partial charge in [0, 0.05) is 11.1 Å². The number of aryl methyl sites for hydroxylation is 1. The fourth-order valence-electron chi connectivity index (χ4n) is 1.79. The third-order valence-electron chi connectivity index (χ3n) is 2.92. The van der Waals surface area contributed by atoms with Crippen LogP contribution >= 0.6 is 0 Å². The first-order chi connectivity index (χ1) is 10.1. The average molecular weight is 283 g/mol. The zero-order valence-electron chi connectivity index (χ0n) is 11.5. The maximum atomic E-state index is 13.5. The van der Waals surface area contributed by atoms with Crippen molar-refractivity contribution < 1.29 is 14.3 Å². The fraction of sp³-hybridized carbons (Fsp3) is 0.118. The Hall–Kier alpha value is -2.64. The van der Waals surface area contributed by atoms with E-state index in [0.717, 1.165) is 5.56 Å². The van der Waals surface area contributed by atoms with Crippen LogP contribution < -0.4 is 5.32 Å². The van der Waals surface area contributed by atoms with Crippen molar-refractivity contribution in [3.8, 4) is 11.8 Å². The Balaban J connectivity index is 2.26. The van der Waals surface area contributed by atoms with Gasteiger partial charge >= 0.3 is 0 Å². The maximum Gasteiger partial charge on any atom is 0.255 e. The number of aliphatic hydroxyl groups is 1. The summed E-state index contributed by atoms with van der Waals surface area (Å²) in [4.78, 5) is 12.1. The molecule has 0 bridgehead atoms. The molecule has 0 spiro atoms. The van der Waals surface area contributed by atoms with Crippen LogP contribution in [0.2, 0.25) is 0 Å². The van der Waals surface area contributed by atoms with E-state index in [4.69, 9.17) is 5.11 Å². The fourth-order valence-corrected chi connectivity index (χ4v) is 1.79. The van der Waals surface area contributed by atoms with E-state index < -0.39 is 11.7 Å². The van der Waals surface area contributed by atoms with Gasteiger partial charge in [0.2, 0.25) is 0 Å². The van der Waals surface area contributed by atoms with Crippen LogP contribution in [0, 0.1) is 24.6 Å². The van der Waals surface area contributed by atoms with Crippen LogP contribution in [-0.2, 0) is 0 Å². The number of rotatable bonds is 2. The maximum absolute atomic E-state index is 13.5. The molecule has 0 saturated carbocycles. The molecular weight excluding hydrogens is 269 g/mol. The van der Waals surface area contributed by atoms with Crippen LogP contribution in [0.25, 0.3) is 0 Å². The standard InChI is InChI=1S/C17H14FNO2/c1-12-8-9-14(11-13(12)5-4-10-20)17(21)19-16-7-3-2-6-15(16)18/h2-3,6-9,11,20H,10H2,1H3,(H,19,21). The third kappa shape index (κ3) is 3.68. The van der Waals surface area contributed by atoms with Crippen molar-refractivity contribution in [2.75, 3.05) is 11.9 Å². The number of amides is 1. The summed E-state index contributed by atoms with van der Waals surface area (Å²) < 4.78 is 13.5. The van der Waals surface area contributed by atoms with Gasteiger partial charge in [-0.05, 0) is 36.8 Å². The van der Waals surface area contributed by atoms with E-state index >= 15 is 0 Å². The summed E-state index contributed by atoms with van der Waals surface area (Å²) in [5.41, 5.74) is 2.07. The van der Waals surface area contributed by atoms with Crippen LogP contribution in [0.3, 0.4) is 0 Å². The lowest BCUT2D eigenvalue weighted by atomic mass is 10.0. The second-order valence-corrected chi connectivity index (χ2v) is 4.42. The monoisotopic (exact) mass is 283 g/mol. The van der Waals surface area contributed by atoms with E-state index in [1.165, 1.54) is 12.1 Å². The zero-order valence-corrected chi connectivity index (χ0v) is 11.5. The molecule has 0 aromatic heterocycles. The Labute approximate surface area is 122 Å². The van der Waals surface area contributed by atoms with E-state index in [2.05, 4.69) is 17.2 Å². The highest BCUT2D eigenvalue weighted by Gasteiger charge is 2.10. The van der Waals surface area contributed by atoms with Crippen LogP contribution in [0.5, 0.6) is 0 Å². The quantitative estimate of drug-likeness (QED) is 0.833. The van der Waals surface area contributed by atoms with Crippen molar-refractivity contribution in [1.29, 1.82) is 0 Å². The summed E-state index contributed by atoms with van der Waals surface area (Å²) in [5, 5.41) is 11.2. The number of para-hydroxylation sites is 1. The van der Waals surface area contributed by atoms with Crippen molar-refractivity contribution in [3.63, 3.8) is 0 Å². The van der Waals surface area contributed by atoms with Gasteiger partial charge in [0.1, 0.15) is 12.4 Å². The van der Waals surface area contributed by atoms with Crippen molar-refractivity contribution in [2.45, 2.75) is 6.92 Å². The molecule has 21 heavy (non-hydrogen) atoms. The molecule has 0 aliphatic carbocycles. The van der Waals surface area contributed by atoms with Crippen molar-refractivity contribution in [1.82, 2.24) is 0 Å². The predicted octanol–water partition coefficient (Wildman–Crippen LogP) is 2.73. The van der Waals surface area contributed by atoms with Gasteiger partial charge in [0.25, 0.3) is 5.91 Å². The second-order valence-electron chi connectivity index (χ2n) is 4.42. The molecule has 0 radical (unpaired) electrons. The highest BCUT2D eigenvalue weighted by atomic mass is 19.1. The number of carbonyl (C=O) groups excluding carboxylic acids is 1. The molecule has 3 nitrogen and oxygen atoms in total. The summed E-state index contributed by atoms with van der Waals surface area (Å²) in [6.45, 7) is 1.62. The van der Waals surface area contributed by atoms with Gasteiger partial charge in [-0.15, -0.1) is 0 Å². The van der Waals surface area contributed by atoms with Crippen LogP contribution in [0.1, 0.15) is 21.5 Å². The molecule has 0 fully saturated rings. The summed E-state index contributed by atoms with van der Waals surface area (Å²) in [7, 11) is 0. The molecule has 1 amide bonds. The molecule has 0 aliphatic heterocycles. The van der Waals surface area contributed by atoms with Gasteiger partial charge in [0.05, 0.1) is 5.69 Å². The van der Waals surface area contributed by atoms with E-state index in [9.17, 15) is 9.18 Å². The number of nitrogens with one attached hydrogen (secondary N) is 1. The normalized spacial score (nSPS) is 9.67. The Bertz CT molecular complexity index is 729. The first kappa shape index (κ1) is 14.8. The Kier molecular flexibility index (Phi) is 4.70. The van der Waals surface area contributed by atoms with Gasteiger partial charge in [-0.1, -0.05) is 30.0 Å². The highest BCUT2D eigenvalue weighted by molar-refractivity contribution is 6.04. The summed E-state index contributed by atoms with van der Waals surface area (Å²) in [6.07, 6.45) is 0. The molecule has 0 aliphatic rings. The van der Waals surface area contributed by atoms with Crippen molar-refractivity contribution in [2.24, 2.45) is 0 Å². The molecule has 2 aromatic rings. The molecule has 0 heterocycles. The lowest BCUT2D eigenvalue weighted by Crippen LogP contribution is -2.13. The zero-order chi connectivity index (χ0) is 15.2. The first-order valence-corrected chi connectivity index (χ1v) is 6.38. The van der Waals surface area contributed by atoms with Gasteiger partial charge < -0.3 is 10.4 Å². The second kappa shape index (κ2) is 6.69. The summed E-state index contributed by atoms with van der Waals surface area (Å²) in [6, 6.07) is 11.0. The van der Waals surface area contributed by atoms with E-state index in [0.29, 0.717) is 11.1 Å². The van der Waals surface area contributed by atoms with E-state index in [1.54, 1.807) is 30.3 Å². The number of aliphatic hydroxyl groups excluding tert-OH is 1. The minimum Gasteiger partial charge on any atom is -0.384 e. The van der Waals surface area contributed by atoms with E-state index in [1.807, 2.05) is 6.92 Å². The molecule has 2 N–H and O–H groups in total. The van der Waals surface area contributed by atoms with Crippen LogP contribution in [0.15, 0.2) is 42.5 Å². The number of hydrogen-bond acceptors (Lipinski definition) is 2. The highest BCUT2D eigenvalue weighted by Crippen LogP contribution is 2.15. The molecule has 2 aromatic carbocycles. The lowest BCUT2D eigenvalue weighted by Gasteiger charge is -2.07. The first-order valence-electron chi connectivity index (χ1n) is 6.38. The molecule has 2 rings (SSSR count). The molecular formula is C17H14FNO2. The van der Waals surface area contributed by atoms with Crippen LogP contribution in [-0.4, -0.2) is 17.6 Å². The molecule has 4 heteroatoms. The minimum absolute atomic E-state index is 0.131. The Morgan fingerprint density at radius 3 is 2.76 bits per heavy atom. The third-order valence-corrected chi connectivity index (χ3v) is 2.92. The lowest BCUT2D eigenvalue weighted by molar-refractivity contribution is 0.102. The smallest absolute Gasteiger partial charge is 0.255 e. The van der Waals surface area contributed by atoms with Gasteiger partial charge in [-0.3, -0.25) is 4.79 Å². The number of halogens is 1. The van der Waals surface area contributed by atoms with Crippen molar-refractivity contribution >= 4 is 11.6 Å². The summed E-state index contributed by atoms with van der Waals surface area (Å²) in [5.74, 6) is 4.43. The van der Waals surface area contributed by atoms with Gasteiger partial charge in [0.15, 0.2) is 0 Å². The largest absolute Gasteiger partial charge is 0.384 e. The molecule has 0 saturated heterocycles. The number of hydrogen-bond donors (Lipinski definition) is 2.